The molecule has 1 heteroatoms. The first-order chi connectivity index (χ1) is 10.9. The van der Waals surface area contributed by atoms with E-state index in [9.17, 15) is 0 Å². The zero-order valence-electron chi connectivity index (χ0n) is 15.4. The minimum Gasteiger partial charge on any atom is -0.383 e. The van der Waals surface area contributed by atoms with Gasteiger partial charge in [-0.15, -0.1) is 12.3 Å². The highest BCUT2D eigenvalue weighted by atomic mass is 15.0. The van der Waals surface area contributed by atoms with Gasteiger partial charge in [-0.1, -0.05) is 54.6 Å². The van der Waals surface area contributed by atoms with Crippen molar-refractivity contribution in [2.24, 2.45) is 0 Å². The topological polar surface area (TPSA) is 3.24 Å². The van der Waals surface area contributed by atoms with Crippen molar-refractivity contribution in [1.29, 1.82) is 0 Å². The molecule has 0 radical (unpaired) electrons. The van der Waals surface area contributed by atoms with Crippen molar-refractivity contribution in [3.8, 4) is 12.3 Å². The largest absolute Gasteiger partial charge is 0.383 e. The highest BCUT2D eigenvalue weighted by Crippen LogP contribution is 2.27. The summed E-state index contributed by atoms with van der Waals surface area (Å²) in [7, 11) is 4.07. The third kappa shape index (κ3) is 7.93. The molecule has 0 saturated heterocycles. The normalized spacial score (nSPS) is 11.5. The Morgan fingerprint density at radius 1 is 1.22 bits per heavy atom. The maximum Gasteiger partial charge on any atom is 0.00674 e. The minimum atomic E-state index is 1.05. The zero-order chi connectivity index (χ0) is 17.8. The molecule has 0 unspecified atom stereocenters. The second-order valence-corrected chi connectivity index (χ2v) is 5.52. The van der Waals surface area contributed by atoms with E-state index < -0.39 is 0 Å². The van der Waals surface area contributed by atoms with Gasteiger partial charge in [-0.05, 0) is 44.4 Å². The van der Waals surface area contributed by atoms with Crippen LogP contribution in [0, 0.1) is 19.3 Å². The molecular weight excluding hydrogens is 278 g/mol. The first-order valence-corrected chi connectivity index (χ1v) is 7.69. The average molecular weight is 307 g/mol. The molecular formula is C22H29N. The molecule has 23 heavy (non-hydrogen) atoms. The van der Waals surface area contributed by atoms with Crippen LogP contribution in [0.25, 0.3) is 5.57 Å². The molecule has 1 aromatic rings. The summed E-state index contributed by atoms with van der Waals surface area (Å²) in [5.41, 5.74) is 5.86. The van der Waals surface area contributed by atoms with Crippen molar-refractivity contribution in [2.45, 2.75) is 27.7 Å². The summed E-state index contributed by atoms with van der Waals surface area (Å²) in [6, 6.07) is 8.51. The third-order valence-electron chi connectivity index (χ3n) is 3.08. The van der Waals surface area contributed by atoms with Crippen LogP contribution in [0.15, 0.2) is 66.4 Å². The van der Waals surface area contributed by atoms with Crippen LogP contribution in [0.2, 0.25) is 0 Å². The van der Waals surface area contributed by atoms with E-state index in [0.717, 1.165) is 16.7 Å². The molecule has 1 aromatic carbocycles. The van der Waals surface area contributed by atoms with Crippen LogP contribution in [0.4, 0.5) is 0 Å². The zero-order valence-corrected chi connectivity index (χ0v) is 15.4. The fourth-order valence-electron chi connectivity index (χ4n) is 1.92. The number of hydrogen-bond acceptors (Lipinski definition) is 1. The smallest absolute Gasteiger partial charge is 0.00674 e. The Kier molecular flexibility index (Phi) is 9.96. The molecule has 0 aliphatic carbocycles. The highest BCUT2D eigenvalue weighted by Gasteiger charge is 2.08. The molecule has 0 saturated carbocycles. The van der Waals surface area contributed by atoms with Gasteiger partial charge in [-0.25, -0.2) is 0 Å². The number of allylic oxidation sites excluding steroid dienone is 6. The van der Waals surface area contributed by atoms with Crippen molar-refractivity contribution in [3.05, 3.63) is 77.5 Å². The molecule has 0 spiro atoms. The van der Waals surface area contributed by atoms with Crippen LogP contribution in [-0.4, -0.2) is 19.0 Å². The van der Waals surface area contributed by atoms with Crippen molar-refractivity contribution >= 4 is 5.57 Å². The van der Waals surface area contributed by atoms with Gasteiger partial charge in [0.2, 0.25) is 0 Å². The Bertz CT molecular complexity index is 617. The minimum absolute atomic E-state index is 1.05. The molecule has 0 aliphatic rings. The number of nitrogens with zero attached hydrogens (tertiary/aromatic N) is 1. The lowest BCUT2D eigenvalue weighted by Crippen LogP contribution is -2.04. The van der Waals surface area contributed by atoms with Crippen LogP contribution in [0.5, 0.6) is 0 Å². The van der Waals surface area contributed by atoms with Gasteiger partial charge in [-0.3, -0.25) is 0 Å². The number of aryl methyl sites for hydroxylation is 1. The van der Waals surface area contributed by atoms with Crippen LogP contribution in [0.1, 0.15) is 31.9 Å². The predicted octanol–water partition coefficient (Wildman–Crippen LogP) is 5.62. The summed E-state index contributed by atoms with van der Waals surface area (Å²) < 4.78 is 0. The molecule has 0 amide bonds. The van der Waals surface area contributed by atoms with Gasteiger partial charge in [-0.2, -0.15) is 0 Å². The number of benzene rings is 1. The van der Waals surface area contributed by atoms with E-state index in [4.69, 9.17) is 0 Å². The highest BCUT2D eigenvalue weighted by molar-refractivity contribution is 5.81. The fourth-order valence-corrected chi connectivity index (χ4v) is 1.92. The first kappa shape index (κ1) is 20.5. The summed E-state index contributed by atoms with van der Waals surface area (Å²) in [5.74, 6) is 2.25. The quantitative estimate of drug-likeness (QED) is 0.504. The summed E-state index contributed by atoms with van der Waals surface area (Å²) in [6.45, 7) is 12.2. The van der Waals surface area contributed by atoms with Crippen molar-refractivity contribution in [2.75, 3.05) is 14.1 Å². The van der Waals surface area contributed by atoms with Crippen molar-refractivity contribution < 1.29 is 0 Å². The second-order valence-electron chi connectivity index (χ2n) is 5.52. The van der Waals surface area contributed by atoms with E-state index in [0.29, 0.717) is 0 Å². The molecule has 122 valence electrons. The van der Waals surface area contributed by atoms with E-state index in [-0.39, 0.29) is 0 Å². The van der Waals surface area contributed by atoms with Crippen molar-refractivity contribution in [1.82, 2.24) is 4.90 Å². The van der Waals surface area contributed by atoms with Gasteiger partial charge in [0.15, 0.2) is 0 Å². The lowest BCUT2D eigenvalue weighted by molar-refractivity contribution is 0.561. The molecule has 1 nitrogen and oxygen atoms in total. The first-order valence-electron chi connectivity index (χ1n) is 7.69. The van der Waals surface area contributed by atoms with Gasteiger partial charge < -0.3 is 4.90 Å². The van der Waals surface area contributed by atoms with E-state index in [1.807, 2.05) is 27.1 Å². The molecule has 0 atom stereocenters. The van der Waals surface area contributed by atoms with Gasteiger partial charge in [0.25, 0.3) is 0 Å². The Hall–Kier alpha value is -2.46. The molecule has 0 heterocycles. The lowest BCUT2D eigenvalue weighted by Gasteiger charge is -2.15. The van der Waals surface area contributed by atoms with Crippen LogP contribution < -0.4 is 0 Å². The monoisotopic (exact) mass is 307 g/mol. The van der Waals surface area contributed by atoms with E-state index >= 15 is 0 Å². The molecule has 0 aliphatic heterocycles. The predicted molar refractivity (Wildman–Crippen MR) is 105 cm³/mol. The second kappa shape index (κ2) is 11.2. The van der Waals surface area contributed by atoms with E-state index in [2.05, 4.69) is 80.3 Å². The average Bonchev–Trinajstić information content (AvgIpc) is 2.51. The van der Waals surface area contributed by atoms with Crippen LogP contribution in [-0.2, 0) is 0 Å². The lowest BCUT2D eigenvalue weighted by atomic mass is 9.94. The standard InChI is InChI=1S/C19H25N.C3H4/c1-7-8-9-16(3)19(14-20(5)6)17(4)18-12-10-15(2)11-13-18;1-3-2/h7-14H,4H2,1-3,5-6H3;1H,2H3/b8-7-,16-9+,19-14-;. The van der Waals surface area contributed by atoms with Crippen LogP contribution >= 0.6 is 0 Å². The Morgan fingerprint density at radius 3 is 2.17 bits per heavy atom. The van der Waals surface area contributed by atoms with Gasteiger partial charge >= 0.3 is 0 Å². The Labute approximate surface area is 142 Å². The summed E-state index contributed by atoms with van der Waals surface area (Å²) in [6.07, 6.45) is 12.9. The summed E-state index contributed by atoms with van der Waals surface area (Å²) >= 11 is 0. The Balaban J connectivity index is 0.00000149. The number of terminal acetylenes is 1. The van der Waals surface area contributed by atoms with Crippen molar-refractivity contribution in [3.63, 3.8) is 0 Å². The molecule has 0 aromatic heterocycles. The number of hydrogen-bond donors (Lipinski definition) is 0. The van der Waals surface area contributed by atoms with E-state index in [1.54, 1.807) is 6.92 Å². The van der Waals surface area contributed by atoms with Gasteiger partial charge in [0, 0.05) is 25.9 Å². The molecule has 1 rings (SSSR count). The molecule has 0 N–H and O–H groups in total. The molecule has 0 bridgehead atoms. The SMILES string of the molecule is C#CC.C=C(C(=C\N(C)C)/C(C)=C/C=C\C)c1ccc(C)cc1. The van der Waals surface area contributed by atoms with E-state index in [1.165, 1.54) is 11.1 Å². The summed E-state index contributed by atoms with van der Waals surface area (Å²) in [4.78, 5) is 2.06. The van der Waals surface area contributed by atoms with Gasteiger partial charge in [0.05, 0.1) is 0 Å². The Morgan fingerprint density at radius 2 is 1.74 bits per heavy atom. The van der Waals surface area contributed by atoms with Crippen LogP contribution in [0.3, 0.4) is 0 Å². The van der Waals surface area contributed by atoms with Gasteiger partial charge in [0.1, 0.15) is 0 Å². The maximum atomic E-state index is 4.60. The fraction of sp³-hybridized carbons (Fsp3) is 0.273. The molecule has 0 fully saturated rings. The third-order valence-corrected chi connectivity index (χ3v) is 3.08. The number of rotatable bonds is 5. The maximum absolute atomic E-state index is 4.60. The summed E-state index contributed by atoms with van der Waals surface area (Å²) in [5, 5.41) is 0.